The summed E-state index contributed by atoms with van der Waals surface area (Å²) in [6, 6.07) is 0. The van der Waals surface area contributed by atoms with Crippen molar-refractivity contribution in [2.24, 2.45) is 0 Å². The van der Waals surface area contributed by atoms with E-state index in [-0.39, 0.29) is 35.6 Å². The first-order valence-corrected chi connectivity index (χ1v) is 2.80. The molecule has 2 nitrogen and oxygen atoms in total. The molecule has 0 spiro atoms. The third-order valence-corrected chi connectivity index (χ3v) is 0.812. The molecule has 0 aliphatic carbocycles. The molecule has 0 bridgehead atoms. The Hall–Kier alpha value is 1.25. The van der Waals surface area contributed by atoms with Gasteiger partial charge in [-0.05, 0) is 11.5 Å². The van der Waals surface area contributed by atoms with Crippen molar-refractivity contribution in [1.29, 1.82) is 0 Å². The normalized spacial score (nSPS) is 9.33. The zero-order valence-corrected chi connectivity index (χ0v) is 8.11. The third kappa shape index (κ3) is 8.98. The van der Waals surface area contributed by atoms with Gasteiger partial charge in [0.15, 0.2) is 6.16 Å². The van der Waals surface area contributed by atoms with Gasteiger partial charge in [-0.15, -0.1) is 0 Å². The molecule has 0 aliphatic rings. The van der Waals surface area contributed by atoms with Crippen LogP contribution in [-0.4, -0.2) is 11.1 Å². The SMILES string of the molecule is CC[P+](=O)O.[La]. The van der Waals surface area contributed by atoms with Crippen molar-refractivity contribution in [2.45, 2.75) is 6.92 Å². The Morgan fingerprint density at radius 3 is 2.00 bits per heavy atom. The zero-order chi connectivity index (χ0) is 4.28. The van der Waals surface area contributed by atoms with Crippen molar-refractivity contribution in [3.05, 3.63) is 0 Å². The van der Waals surface area contributed by atoms with Crippen molar-refractivity contribution < 1.29 is 45.1 Å². The fourth-order valence-corrected chi connectivity index (χ4v) is 0. The summed E-state index contributed by atoms with van der Waals surface area (Å²) in [5.74, 6) is 0. The molecular formula is C2H6LaO2P+. The Morgan fingerprint density at radius 1 is 1.83 bits per heavy atom. The minimum Gasteiger partial charge on any atom is -0.161 e. The summed E-state index contributed by atoms with van der Waals surface area (Å²) in [6.07, 6.45) is 0.370. The molecular weight excluding hydrogens is 226 g/mol. The summed E-state index contributed by atoms with van der Waals surface area (Å²) < 4.78 is 9.52. The van der Waals surface area contributed by atoms with Crippen molar-refractivity contribution in [2.75, 3.05) is 6.16 Å². The first-order valence-electron chi connectivity index (χ1n) is 1.41. The van der Waals surface area contributed by atoms with Crippen molar-refractivity contribution in [3.63, 3.8) is 0 Å². The molecule has 33 valence electrons. The van der Waals surface area contributed by atoms with E-state index in [2.05, 4.69) is 0 Å². The maximum Gasteiger partial charge on any atom is 0.505 e. The van der Waals surface area contributed by atoms with E-state index in [1.807, 2.05) is 0 Å². The molecule has 0 aromatic carbocycles. The number of hydrogen-bond acceptors (Lipinski definition) is 1. The molecule has 0 fully saturated rings. The average Bonchev–Trinajstić information content (AvgIpc) is 1.38. The quantitative estimate of drug-likeness (QED) is 0.677. The number of hydrogen-bond donors (Lipinski definition) is 1. The van der Waals surface area contributed by atoms with E-state index >= 15 is 0 Å². The molecule has 0 aromatic rings. The average molecular weight is 232 g/mol. The van der Waals surface area contributed by atoms with Crippen LogP contribution in [0.15, 0.2) is 0 Å². The van der Waals surface area contributed by atoms with Gasteiger partial charge in [-0.2, -0.15) is 4.89 Å². The molecule has 1 atom stereocenters. The summed E-state index contributed by atoms with van der Waals surface area (Å²) in [4.78, 5) is 7.87. The van der Waals surface area contributed by atoms with Gasteiger partial charge in [-0.3, -0.25) is 0 Å². The fourth-order valence-electron chi connectivity index (χ4n) is 0. The first-order chi connectivity index (χ1) is 2.27. The van der Waals surface area contributed by atoms with Gasteiger partial charge < -0.3 is 0 Å². The summed E-state index contributed by atoms with van der Waals surface area (Å²) >= 11 is 0. The van der Waals surface area contributed by atoms with Crippen LogP contribution in [0, 0.1) is 35.6 Å². The van der Waals surface area contributed by atoms with E-state index in [1.165, 1.54) is 0 Å². The molecule has 4 heteroatoms. The van der Waals surface area contributed by atoms with Crippen molar-refractivity contribution >= 4 is 8.03 Å². The van der Waals surface area contributed by atoms with Crippen LogP contribution in [0.5, 0.6) is 0 Å². The molecule has 0 aliphatic heterocycles. The van der Waals surface area contributed by atoms with E-state index in [0.717, 1.165) is 0 Å². The van der Waals surface area contributed by atoms with Gasteiger partial charge in [-0.25, -0.2) is 0 Å². The second-order valence-corrected chi connectivity index (χ2v) is 2.01. The van der Waals surface area contributed by atoms with E-state index in [9.17, 15) is 4.57 Å². The molecule has 1 radical (unpaired) electrons. The standard InChI is InChI=1S/C2H5O2P.La/c1-2-5(3)4;/h2H2,1H3;/p+1. The summed E-state index contributed by atoms with van der Waals surface area (Å²) in [6.45, 7) is 1.67. The fraction of sp³-hybridized carbons (Fsp3) is 1.00. The van der Waals surface area contributed by atoms with E-state index in [1.54, 1.807) is 6.92 Å². The minimum absolute atomic E-state index is 0. The van der Waals surface area contributed by atoms with Gasteiger partial charge in [0.1, 0.15) is 0 Å². The predicted molar refractivity (Wildman–Crippen MR) is 20.4 cm³/mol. The Bertz CT molecular complexity index is 46.8. The number of rotatable bonds is 1. The largest absolute Gasteiger partial charge is 0.505 e. The monoisotopic (exact) mass is 232 g/mol. The Balaban J connectivity index is 0. The molecule has 0 heterocycles. The van der Waals surface area contributed by atoms with Crippen LogP contribution in [0.2, 0.25) is 0 Å². The maximum absolute atomic E-state index is 9.52. The molecule has 1 N–H and O–H groups in total. The van der Waals surface area contributed by atoms with Gasteiger partial charge in [0.2, 0.25) is 0 Å². The van der Waals surface area contributed by atoms with Gasteiger partial charge in [-0.1, -0.05) is 0 Å². The van der Waals surface area contributed by atoms with E-state index < -0.39 is 8.03 Å². The third-order valence-electron chi connectivity index (χ3n) is 0.271. The molecule has 0 rings (SSSR count). The second-order valence-electron chi connectivity index (χ2n) is 0.668. The van der Waals surface area contributed by atoms with Crippen LogP contribution < -0.4 is 0 Å². The molecule has 6 heavy (non-hydrogen) atoms. The predicted octanol–water partition coefficient (Wildman–Crippen LogP) is 0.741. The van der Waals surface area contributed by atoms with Crippen LogP contribution >= 0.6 is 8.03 Å². The molecule has 0 amide bonds. The van der Waals surface area contributed by atoms with E-state index in [0.29, 0.717) is 6.16 Å². The molecule has 0 aromatic heterocycles. The van der Waals surface area contributed by atoms with Gasteiger partial charge >= 0.3 is 8.03 Å². The second kappa shape index (κ2) is 6.25. The Labute approximate surface area is 65.8 Å². The van der Waals surface area contributed by atoms with Crippen LogP contribution in [0.25, 0.3) is 0 Å². The smallest absolute Gasteiger partial charge is 0.161 e. The van der Waals surface area contributed by atoms with Crippen LogP contribution in [0.1, 0.15) is 6.92 Å². The van der Waals surface area contributed by atoms with Crippen LogP contribution in [0.3, 0.4) is 0 Å². The molecule has 0 saturated heterocycles. The zero-order valence-electron chi connectivity index (χ0n) is 3.59. The minimum atomic E-state index is -1.85. The summed E-state index contributed by atoms with van der Waals surface area (Å²) in [7, 11) is -1.85. The Kier molecular flexibility index (Phi) is 10.7. The van der Waals surface area contributed by atoms with Gasteiger partial charge in [0, 0.05) is 35.6 Å². The summed E-state index contributed by atoms with van der Waals surface area (Å²) in [5, 5.41) is 0. The van der Waals surface area contributed by atoms with E-state index in [4.69, 9.17) is 4.89 Å². The molecule has 1 unspecified atom stereocenters. The summed E-state index contributed by atoms with van der Waals surface area (Å²) in [5.41, 5.74) is 0. The van der Waals surface area contributed by atoms with Crippen molar-refractivity contribution in [1.82, 2.24) is 0 Å². The molecule has 0 saturated carbocycles. The topological polar surface area (TPSA) is 37.3 Å². The first kappa shape index (κ1) is 10.3. The van der Waals surface area contributed by atoms with Gasteiger partial charge in [0.05, 0.1) is 0 Å². The van der Waals surface area contributed by atoms with Gasteiger partial charge in [0.25, 0.3) is 0 Å². The van der Waals surface area contributed by atoms with Crippen LogP contribution in [-0.2, 0) is 4.57 Å². The van der Waals surface area contributed by atoms with Crippen molar-refractivity contribution in [3.8, 4) is 0 Å². The Morgan fingerprint density at radius 2 is 2.00 bits per heavy atom. The maximum atomic E-state index is 9.52. The van der Waals surface area contributed by atoms with Crippen LogP contribution in [0.4, 0.5) is 0 Å².